The van der Waals surface area contributed by atoms with Crippen LogP contribution in [0.1, 0.15) is 18.9 Å². The lowest BCUT2D eigenvalue weighted by Crippen LogP contribution is -2.48. The first kappa shape index (κ1) is 14.4. The molecule has 1 aliphatic heterocycles. The predicted molar refractivity (Wildman–Crippen MR) is 76.6 cm³/mol. The van der Waals surface area contributed by atoms with Crippen molar-refractivity contribution in [1.29, 1.82) is 0 Å². The van der Waals surface area contributed by atoms with Crippen LogP contribution in [0, 0.1) is 5.82 Å². The third-order valence-electron chi connectivity index (χ3n) is 3.76. The number of halogens is 1. The van der Waals surface area contributed by atoms with E-state index >= 15 is 0 Å². The Kier molecular flexibility index (Phi) is 5.76. The molecule has 0 amide bonds. The number of benzene rings is 1. The van der Waals surface area contributed by atoms with Crippen LogP contribution in [0.25, 0.3) is 0 Å². The first-order valence-corrected chi connectivity index (χ1v) is 7.15. The van der Waals surface area contributed by atoms with E-state index in [0.717, 1.165) is 51.3 Å². The number of hydrogen-bond acceptors (Lipinski definition) is 3. The Morgan fingerprint density at radius 1 is 1.26 bits per heavy atom. The molecule has 4 heteroatoms. The predicted octanol–water partition coefficient (Wildman–Crippen LogP) is 1.60. The van der Waals surface area contributed by atoms with Crippen LogP contribution in [-0.2, 0) is 6.54 Å². The van der Waals surface area contributed by atoms with Crippen LogP contribution in [0.3, 0.4) is 0 Å². The highest BCUT2D eigenvalue weighted by atomic mass is 19.1. The van der Waals surface area contributed by atoms with E-state index < -0.39 is 0 Å². The third kappa shape index (κ3) is 4.90. The summed E-state index contributed by atoms with van der Waals surface area (Å²) in [6, 6.07) is 7.33. The molecule has 1 aliphatic rings. The lowest BCUT2D eigenvalue weighted by Gasteiger charge is -2.32. The molecule has 1 aromatic carbocycles. The van der Waals surface area contributed by atoms with Crippen LogP contribution < -0.4 is 10.6 Å². The van der Waals surface area contributed by atoms with Crippen LogP contribution in [0.4, 0.5) is 4.39 Å². The monoisotopic (exact) mass is 265 g/mol. The van der Waals surface area contributed by atoms with E-state index in [2.05, 4.69) is 22.5 Å². The van der Waals surface area contributed by atoms with Crippen molar-refractivity contribution in [1.82, 2.24) is 15.5 Å². The van der Waals surface area contributed by atoms with E-state index in [0.29, 0.717) is 6.04 Å². The first-order valence-electron chi connectivity index (χ1n) is 7.15. The number of piperazine rings is 1. The molecule has 1 heterocycles. The maximum Gasteiger partial charge on any atom is 0.123 e. The van der Waals surface area contributed by atoms with Gasteiger partial charge in [-0.3, -0.25) is 4.90 Å². The molecule has 0 saturated carbocycles. The van der Waals surface area contributed by atoms with Crippen molar-refractivity contribution < 1.29 is 4.39 Å². The fraction of sp³-hybridized carbons (Fsp3) is 0.600. The summed E-state index contributed by atoms with van der Waals surface area (Å²) in [6.07, 6.45) is 1.15. The second kappa shape index (κ2) is 7.58. The van der Waals surface area contributed by atoms with Gasteiger partial charge in [-0.15, -0.1) is 0 Å². The highest BCUT2D eigenvalue weighted by Gasteiger charge is 2.15. The van der Waals surface area contributed by atoms with E-state index in [1.165, 1.54) is 12.1 Å². The molecule has 0 aliphatic carbocycles. The number of rotatable bonds is 6. The van der Waals surface area contributed by atoms with E-state index in [1.54, 1.807) is 0 Å². The summed E-state index contributed by atoms with van der Waals surface area (Å²) >= 11 is 0. The SMILES string of the molecule is CC(CCNCc1ccc(F)cc1)N1CCNCC1. The van der Waals surface area contributed by atoms with E-state index in [-0.39, 0.29) is 5.82 Å². The molecular formula is C15H24FN3. The molecule has 1 aromatic rings. The molecule has 1 atom stereocenters. The molecule has 2 N–H and O–H groups in total. The Labute approximate surface area is 115 Å². The van der Waals surface area contributed by atoms with Crippen molar-refractivity contribution in [2.45, 2.75) is 25.9 Å². The lowest BCUT2D eigenvalue weighted by molar-refractivity contribution is 0.176. The zero-order chi connectivity index (χ0) is 13.5. The van der Waals surface area contributed by atoms with Crippen molar-refractivity contribution in [2.24, 2.45) is 0 Å². The van der Waals surface area contributed by atoms with Gasteiger partial charge in [0.2, 0.25) is 0 Å². The Bertz CT molecular complexity index is 360. The normalized spacial score (nSPS) is 18.4. The van der Waals surface area contributed by atoms with Crippen molar-refractivity contribution in [3.8, 4) is 0 Å². The zero-order valence-corrected chi connectivity index (χ0v) is 11.7. The van der Waals surface area contributed by atoms with Gasteiger partial charge in [-0.05, 0) is 37.6 Å². The Morgan fingerprint density at radius 3 is 2.63 bits per heavy atom. The minimum atomic E-state index is -0.170. The van der Waals surface area contributed by atoms with Gasteiger partial charge in [-0.2, -0.15) is 0 Å². The summed E-state index contributed by atoms with van der Waals surface area (Å²) in [7, 11) is 0. The molecule has 3 nitrogen and oxygen atoms in total. The lowest BCUT2D eigenvalue weighted by atomic mass is 10.1. The molecule has 0 spiro atoms. The van der Waals surface area contributed by atoms with Gasteiger partial charge >= 0.3 is 0 Å². The molecule has 0 aromatic heterocycles. The van der Waals surface area contributed by atoms with Gasteiger partial charge in [-0.1, -0.05) is 12.1 Å². The van der Waals surface area contributed by atoms with Gasteiger partial charge in [0.05, 0.1) is 0 Å². The maximum absolute atomic E-state index is 12.8. The molecule has 0 radical (unpaired) electrons. The highest BCUT2D eigenvalue weighted by Crippen LogP contribution is 2.05. The number of nitrogens with zero attached hydrogens (tertiary/aromatic N) is 1. The second-order valence-corrected chi connectivity index (χ2v) is 5.23. The van der Waals surface area contributed by atoms with Gasteiger partial charge in [-0.25, -0.2) is 4.39 Å². The van der Waals surface area contributed by atoms with E-state index in [1.807, 2.05) is 12.1 Å². The smallest absolute Gasteiger partial charge is 0.123 e. The summed E-state index contributed by atoms with van der Waals surface area (Å²) in [4.78, 5) is 2.54. The topological polar surface area (TPSA) is 27.3 Å². The van der Waals surface area contributed by atoms with E-state index in [9.17, 15) is 4.39 Å². The molecule has 1 saturated heterocycles. The summed E-state index contributed by atoms with van der Waals surface area (Å²) in [5.74, 6) is -0.170. The average Bonchev–Trinajstić information content (AvgIpc) is 2.46. The van der Waals surface area contributed by atoms with Crippen molar-refractivity contribution in [3.63, 3.8) is 0 Å². The summed E-state index contributed by atoms with van der Waals surface area (Å²) in [5.41, 5.74) is 1.14. The molecule has 2 rings (SSSR count). The quantitative estimate of drug-likeness (QED) is 0.765. The Morgan fingerprint density at radius 2 is 1.95 bits per heavy atom. The fourth-order valence-electron chi connectivity index (χ4n) is 2.45. The number of nitrogens with one attached hydrogen (secondary N) is 2. The molecule has 1 unspecified atom stereocenters. The molecule has 106 valence electrons. The number of hydrogen-bond donors (Lipinski definition) is 2. The maximum atomic E-state index is 12.8. The van der Waals surface area contributed by atoms with E-state index in [4.69, 9.17) is 0 Å². The van der Waals surface area contributed by atoms with Crippen LogP contribution in [0.2, 0.25) is 0 Å². The first-order chi connectivity index (χ1) is 9.25. The summed E-state index contributed by atoms with van der Waals surface area (Å²) in [6.45, 7) is 8.63. The highest BCUT2D eigenvalue weighted by molar-refractivity contribution is 5.15. The third-order valence-corrected chi connectivity index (χ3v) is 3.76. The van der Waals surface area contributed by atoms with Crippen molar-refractivity contribution >= 4 is 0 Å². The van der Waals surface area contributed by atoms with Crippen LogP contribution >= 0.6 is 0 Å². The van der Waals surface area contributed by atoms with Gasteiger partial charge < -0.3 is 10.6 Å². The van der Waals surface area contributed by atoms with Gasteiger partial charge in [0.1, 0.15) is 5.82 Å². The van der Waals surface area contributed by atoms with Crippen LogP contribution in [0.5, 0.6) is 0 Å². The molecule has 1 fully saturated rings. The van der Waals surface area contributed by atoms with Crippen molar-refractivity contribution in [2.75, 3.05) is 32.7 Å². The average molecular weight is 265 g/mol. The van der Waals surface area contributed by atoms with Crippen molar-refractivity contribution in [3.05, 3.63) is 35.6 Å². The minimum Gasteiger partial charge on any atom is -0.314 e. The van der Waals surface area contributed by atoms with Crippen LogP contribution in [0.15, 0.2) is 24.3 Å². The van der Waals surface area contributed by atoms with Gasteiger partial charge in [0, 0.05) is 38.8 Å². The zero-order valence-electron chi connectivity index (χ0n) is 11.7. The van der Waals surface area contributed by atoms with Crippen LogP contribution in [-0.4, -0.2) is 43.7 Å². The molecule has 0 bridgehead atoms. The molecular weight excluding hydrogens is 241 g/mol. The Hall–Kier alpha value is -0.970. The second-order valence-electron chi connectivity index (χ2n) is 5.23. The van der Waals surface area contributed by atoms with Gasteiger partial charge in [0.15, 0.2) is 0 Å². The summed E-state index contributed by atoms with van der Waals surface area (Å²) < 4.78 is 12.8. The molecule has 19 heavy (non-hydrogen) atoms. The fourth-order valence-corrected chi connectivity index (χ4v) is 2.45. The minimum absolute atomic E-state index is 0.170. The van der Waals surface area contributed by atoms with Gasteiger partial charge in [0.25, 0.3) is 0 Å². The standard InChI is InChI=1S/C15H24FN3/c1-13(19-10-8-17-9-11-19)6-7-18-12-14-2-4-15(16)5-3-14/h2-5,13,17-18H,6-12H2,1H3. The summed E-state index contributed by atoms with van der Waals surface area (Å²) in [5, 5.41) is 6.80. The Balaban J connectivity index is 1.62. The largest absolute Gasteiger partial charge is 0.314 e.